The molecule has 0 atom stereocenters. The van der Waals surface area contributed by atoms with Gasteiger partial charge in [-0.3, -0.25) is 4.79 Å². The van der Waals surface area contributed by atoms with E-state index >= 15 is 0 Å². The van der Waals surface area contributed by atoms with Gasteiger partial charge in [0.15, 0.2) is 0 Å². The number of anilines is 2. The fourth-order valence-electron chi connectivity index (χ4n) is 3.28. The van der Waals surface area contributed by atoms with Gasteiger partial charge in [-0.05, 0) is 49.2 Å². The second-order valence-corrected chi connectivity index (χ2v) is 9.46. The molecule has 0 aromatic heterocycles. The highest BCUT2D eigenvalue weighted by molar-refractivity contribution is 7.89. The highest BCUT2D eigenvalue weighted by Gasteiger charge is 2.27. The fraction of sp³-hybridized carbons (Fsp3) is 0.350. The molecule has 0 spiro atoms. The van der Waals surface area contributed by atoms with Crippen molar-refractivity contribution >= 4 is 38.9 Å². The molecule has 0 aliphatic carbocycles. The third kappa shape index (κ3) is 4.71. The van der Waals surface area contributed by atoms with Crippen molar-refractivity contribution in [1.29, 1.82) is 0 Å². The van der Waals surface area contributed by atoms with E-state index < -0.39 is 21.7 Å². The van der Waals surface area contributed by atoms with E-state index in [1.54, 1.807) is 31.1 Å². The number of carbonyl (C=O) groups excluding carboxylic acids is 1. The lowest BCUT2D eigenvalue weighted by atomic mass is 10.2. The number of sulfonamides is 1. The number of piperidine rings is 1. The Hall–Kier alpha value is -2.16. The molecule has 29 heavy (non-hydrogen) atoms. The Morgan fingerprint density at radius 1 is 1.10 bits per heavy atom. The van der Waals surface area contributed by atoms with Gasteiger partial charge in [-0.25, -0.2) is 12.8 Å². The highest BCUT2D eigenvalue weighted by Crippen LogP contribution is 2.31. The summed E-state index contributed by atoms with van der Waals surface area (Å²) in [6.45, 7) is 0.981. The van der Waals surface area contributed by atoms with Crippen LogP contribution in [0.3, 0.4) is 0 Å². The molecule has 156 valence electrons. The molecule has 1 aliphatic rings. The van der Waals surface area contributed by atoms with Gasteiger partial charge in [0.05, 0.1) is 26.9 Å². The molecule has 0 unspecified atom stereocenters. The van der Waals surface area contributed by atoms with Crippen LogP contribution in [-0.4, -0.2) is 45.8 Å². The molecular formula is C20H23ClFN3O3S. The van der Waals surface area contributed by atoms with Crippen LogP contribution in [0.1, 0.15) is 29.6 Å². The summed E-state index contributed by atoms with van der Waals surface area (Å²) in [4.78, 5) is 14.6. The van der Waals surface area contributed by atoms with Crippen LogP contribution < -0.4 is 10.2 Å². The average Bonchev–Trinajstić information content (AvgIpc) is 2.68. The van der Waals surface area contributed by atoms with Crippen molar-refractivity contribution in [3.63, 3.8) is 0 Å². The van der Waals surface area contributed by atoms with Crippen LogP contribution in [0.5, 0.6) is 0 Å². The highest BCUT2D eigenvalue weighted by atomic mass is 35.5. The van der Waals surface area contributed by atoms with Gasteiger partial charge in [0.1, 0.15) is 5.82 Å². The van der Waals surface area contributed by atoms with E-state index in [0.717, 1.165) is 31.4 Å². The molecule has 6 nitrogen and oxygen atoms in total. The summed E-state index contributed by atoms with van der Waals surface area (Å²) in [7, 11) is -0.0806. The minimum Gasteiger partial charge on any atom is -0.376 e. The molecule has 1 saturated heterocycles. The SMILES string of the molecule is CN(C)c1ccc(S(=O)(=O)N2CCCCC2)cc1NC(=O)c1ccc(F)cc1Cl. The first-order valence-electron chi connectivity index (χ1n) is 9.28. The van der Waals surface area contributed by atoms with Crippen LogP contribution in [0.25, 0.3) is 0 Å². The van der Waals surface area contributed by atoms with Gasteiger partial charge in [-0.2, -0.15) is 4.31 Å². The summed E-state index contributed by atoms with van der Waals surface area (Å²) in [6.07, 6.45) is 2.69. The number of rotatable bonds is 5. The molecular weight excluding hydrogens is 417 g/mol. The molecule has 0 bridgehead atoms. The number of amides is 1. The maximum Gasteiger partial charge on any atom is 0.257 e. The van der Waals surface area contributed by atoms with E-state index in [2.05, 4.69) is 5.32 Å². The van der Waals surface area contributed by atoms with Crippen LogP contribution in [-0.2, 0) is 10.0 Å². The number of halogens is 2. The van der Waals surface area contributed by atoms with Gasteiger partial charge in [-0.1, -0.05) is 18.0 Å². The lowest BCUT2D eigenvalue weighted by Crippen LogP contribution is -2.35. The Morgan fingerprint density at radius 3 is 2.41 bits per heavy atom. The number of benzene rings is 2. The molecule has 1 N–H and O–H groups in total. The molecule has 0 radical (unpaired) electrons. The van der Waals surface area contributed by atoms with Gasteiger partial charge in [0.25, 0.3) is 5.91 Å². The summed E-state index contributed by atoms with van der Waals surface area (Å²) >= 11 is 5.98. The molecule has 1 aliphatic heterocycles. The third-order valence-electron chi connectivity index (χ3n) is 4.83. The van der Waals surface area contributed by atoms with Gasteiger partial charge < -0.3 is 10.2 Å². The number of hydrogen-bond acceptors (Lipinski definition) is 4. The first-order chi connectivity index (χ1) is 13.7. The standard InChI is InChI=1S/C20H23ClFN3O3S/c1-24(2)19-9-7-15(29(27,28)25-10-4-3-5-11-25)13-18(19)23-20(26)16-8-6-14(22)12-17(16)21/h6-9,12-13H,3-5,10-11H2,1-2H3,(H,23,26). The fourth-order valence-corrected chi connectivity index (χ4v) is 5.08. The molecule has 2 aromatic rings. The van der Waals surface area contributed by atoms with Crippen molar-refractivity contribution in [2.24, 2.45) is 0 Å². The quantitative estimate of drug-likeness (QED) is 0.765. The van der Waals surface area contributed by atoms with Gasteiger partial charge in [0.2, 0.25) is 10.0 Å². The van der Waals surface area contributed by atoms with Crippen LogP contribution in [0.4, 0.5) is 15.8 Å². The van der Waals surface area contributed by atoms with E-state index in [1.165, 1.54) is 16.4 Å². The summed E-state index contributed by atoms with van der Waals surface area (Å²) in [5.41, 5.74) is 1.06. The van der Waals surface area contributed by atoms with E-state index in [-0.39, 0.29) is 15.5 Å². The molecule has 1 fully saturated rings. The minimum absolute atomic E-state index is 0.0222. The van der Waals surface area contributed by atoms with Crippen molar-refractivity contribution in [3.05, 3.63) is 52.8 Å². The van der Waals surface area contributed by atoms with Crippen molar-refractivity contribution in [2.45, 2.75) is 24.2 Å². The zero-order chi connectivity index (χ0) is 21.2. The summed E-state index contributed by atoms with van der Waals surface area (Å²) in [5, 5.41) is 2.69. The lowest BCUT2D eigenvalue weighted by Gasteiger charge is -2.26. The Bertz CT molecular complexity index is 1020. The van der Waals surface area contributed by atoms with Crippen molar-refractivity contribution in [3.8, 4) is 0 Å². The zero-order valence-corrected chi connectivity index (χ0v) is 17.9. The predicted molar refractivity (Wildman–Crippen MR) is 113 cm³/mol. The number of nitrogens with zero attached hydrogens (tertiary/aromatic N) is 2. The normalized spacial score (nSPS) is 15.2. The predicted octanol–water partition coefficient (Wildman–Crippen LogP) is 3.97. The molecule has 9 heteroatoms. The van der Waals surface area contributed by atoms with Gasteiger partial charge in [-0.15, -0.1) is 0 Å². The van der Waals surface area contributed by atoms with Gasteiger partial charge >= 0.3 is 0 Å². The topological polar surface area (TPSA) is 69.7 Å². The first kappa shape index (κ1) is 21.5. The lowest BCUT2D eigenvalue weighted by molar-refractivity contribution is 0.102. The number of carbonyl (C=O) groups is 1. The molecule has 1 amide bonds. The van der Waals surface area contributed by atoms with Crippen molar-refractivity contribution < 1.29 is 17.6 Å². The maximum absolute atomic E-state index is 13.3. The summed E-state index contributed by atoms with van der Waals surface area (Å²) < 4.78 is 40.8. The number of nitrogens with one attached hydrogen (secondary N) is 1. The van der Waals surface area contributed by atoms with E-state index in [1.807, 2.05) is 0 Å². The minimum atomic E-state index is -3.65. The number of hydrogen-bond donors (Lipinski definition) is 1. The largest absolute Gasteiger partial charge is 0.376 e. The summed E-state index contributed by atoms with van der Waals surface area (Å²) in [5.74, 6) is -1.10. The van der Waals surface area contributed by atoms with Crippen molar-refractivity contribution in [1.82, 2.24) is 4.31 Å². The van der Waals surface area contributed by atoms with Crippen LogP contribution >= 0.6 is 11.6 Å². The first-order valence-corrected chi connectivity index (χ1v) is 11.1. The Labute approximate surface area is 175 Å². The smallest absolute Gasteiger partial charge is 0.257 e. The molecule has 0 saturated carbocycles. The van der Waals surface area contributed by atoms with Crippen molar-refractivity contribution in [2.75, 3.05) is 37.4 Å². The maximum atomic E-state index is 13.3. The Kier molecular flexibility index (Phi) is 6.45. The van der Waals surface area contributed by atoms with E-state index in [0.29, 0.717) is 24.5 Å². The molecule has 3 rings (SSSR count). The summed E-state index contributed by atoms with van der Waals surface area (Å²) in [6, 6.07) is 8.13. The average molecular weight is 440 g/mol. The van der Waals surface area contributed by atoms with Crippen LogP contribution in [0.15, 0.2) is 41.3 Å². The Morgan fingerprint density at radius 2 is 1.79 bits per heavy atom. The van der Waals surface area contributed by atoms with E-state index in [4.69, 9.17) is 11.6 Å². The van der Waals surface area contributed by atoms with Gasteiger partial charge in [0, 0.05) is 27.2 Å². The second-order valence-electron chi connectivity index (χ2n) is 7.12. The second kappa shape index (κ2) is 8.69. The molecule has 1 heterocycles. The Balaban J connectivity index is 1.96. The third-order valence-corrected chi connectivity index (χ3v) is 7.03. The van der Waals surface area contributed by atoms with Crippen LogP contribution in [0.2, 0.25) is 5.02 Å². The van der Waals surface area contributed by atoms with Crippen LogP contribution in [0, 0.1) is 5.82 Å². The monoisotopic (exact) mass is 439 g/mol. The zero-order valence-electron chi connectivity index (χ0n) is 16.3. The molecule has 2 aromatic carbocycles. The van der Waals surface area contributed by atoms with E-state index in [9.17, 15) is 17.6 Å².